The standard InChI is InChI=1S/C23H20N2O9/c1-3-23(34-20(26)17-11-18(24(28)29)13-19(12-17)25(30)31)21(27)33-15-22(23,2)9-10-32-14-16-7-5-4-6-8-16/h1,4-8,11-13H,9-10,14-15H2,2H3/t22-,23-/m0/s1. The molecule has 1 heterocycles. The third-order valence-electron chi connectivity index (χ3n) is 5.58. The number of benzene rings is 2. The van der Waals surface area contributed by atoms with Crippen molar-refractivity contribution < 1.29 is 33.6 Å². The summed E-state index contributed by atoms with van der Waals surface area (Å²) in [5.74, 6) is -0.00309. The first-order valence-corrected chi connectivity index (χ1v) is 10.1. The SMILES string of the molecule is C#C[C@]1(OC(=O)c2cc([N+](=O)[O-])cc([N+](=O)[O-])c2)C(=O)OC[C@]1(C)CCOCc1ccccc1. The molecule has 1 aliphatic rings. The van der Waals surface area contributed by atoms with Gasteiger partial charge in [0.25, 0.3) is 17.0 Å². The highest BCUT2D eigenvalue weighted by Gasteiger charge is 2.63. The first kappa shape index (κ1) is 24.3. The highest BCUT2D eigenvalue weighted by atomic mass is 16.6. The first-order valence-electron chi connectivity index (χ1n) is 10.1. The van der Waals surface area contributed by atoms with E-state index >= 15 is 0 Å². The minimum atomic E-state index is -2.15. The summed E-state index contributed by atoms with van der Waals surface area (Å²) in [4.78, 5) is 46.0. The predicted molar refractivity (Wildman–Crippen MR) is 117 cm³/mol. The van der Waals surface area contributed by atoms with Crippen LogP contribution in [0.15, 0.2) is 48.5 Å². The number of cyclic esters (lactones) is 1. The van der Waals surface area contributed by atoms with Crippen LogP contribution in [0.1, 0.15) is 29.3 Å². The van der Waals surface area contributed by atoms with Crippen molar-refractivity contribution in [1.29, 1.82) is 0 Å². The summed E-state index contributed by atoms with van der Waals surface area (Å²) in [6.45, 7) is 1.90. The van der Waals surface area contributed by atoms with Crippen LogP contribution in [-0.2, 0) is 25.6 Å². The monoisotopic (exact) mass is 468 g/mol. The van der Waals surface area contributed by atoms with Crippen LogP contribution >= 0.6 is 0 Å². The van der Waals surface area contributed by atoms with Crippen LogP contribution in [0.5, 0.6) is 0 Å². The molecule has 3 rings (SSSR count). The predicted octanol–water partition coefficient (Wildman–Crippen LogP) is 3.20. The van der Waals surface area contributed by atoms with Gasteiger partial charge in [-0.3, -0.25) is 20.2 Å². The zero-order chi connectivity index (χ0) is 24.9. The minimum Gasteiger partial charge on any atom is -0.461 e. The zero-order valence-corrected chi connectivity index (χ0v) is 18.1. The second-order valence-corrected chi connectivity index (χ2v) is 7.89. The van der Waals surface area contributed by atoms with Crippen molar-refractivity contribution in [3.05, 3.63) is 79.9 Å². The molecule has 1 saturated heterocycles. The number of terminal acetylenes is 1. The van der Waals surface area contributed by atoms with Crippen molar-refractivity contribution in [3.8, 4) is 12.3 Å². The average Bonchev–Trinajstić information content (AvgIpc) is 3.07. The van der Waals surface area contributed by atoms with Gasteiger partial charge < -0.3 is 14.2 Å². The molecule has 1 fully saturated rings. The maximum absolute atomic E-state index is 12.9. The van der Waals surface area contributed by atoms with Crippen LogP contribution in [0, 0.1) is 38.0 Å². The van der Waals surface area contributed by atoms with Gasteiger partial charge in [0.2, 0.25) is 0 Å². The highest BCUT2D eigenvalue weighted by molar-refractivity contribution is 5.96. The highest BCUT2D eigenvalue weighted by Crippen LogP contribution is 2.44. The van der Waals surface area contributed by atoms with Crippen LogP contribution < -0.4 is 0 Å². The Morgan fingerprint density at radius 3 is 2.32 bits per heavy atom. The van der Waals surface area contributed by atoms with Gasteiger partial charge in [-0.05, 0) is 17.9 Å². The number of nitro benzene ring substituents is 2. The molecule has 34 heavy (non-hydrogen) atoms. The Balaban J connectivity index is 1.81. The van der Waals surface area contributed by atoms with E-state index in [1.54, 1.807) is 6.92 Å². The molecule has 176 valence electrons. The second kappa shape index (κ2) is 9.68. The molecule has 0 radical (unpaired) electrons. The molecule has 11 heteroatoms. The van der Waals surface area contributed by atoms with Crippen LogP contribution in [0.2, 0.25) is 0 Å². The molecule has 0 aliphatic carbocycles. The Morgan fingerprint density at radius 2 is 1.76 bits per heavy atom. The lowest BCUT2D eigenvalue weighted by Crippen LogP contribution is -2.51. The van der Waals surface area contributed by atoms with E-state index in [0.29, 0.717) is 12.7 Å². The van der Waals surface area contributed by atoms with E-state index in [0.717, 1.165) is 17.7 Å². The van der Waals surface area contributed by atoms with Crippen LogP contribution in [0.3, 0.4) is 0 Å². The van der Waals surface area contributed by atoms with E-state index < -0.39 is 49.7 Å². The fourth-order valence-corrected chi connectivity index (χ4v) is 3.53. The summed E-state index contributed by atoms with van der Waals surface area (Å²) in [6.07, 6.45) is 5.81. The number of rotatable bonds is 9. The van der Waals surface area contributed by atoms with Crippen molar-refractivity contribution in [2.45, 2.75) is 25.6 Å². The molecule has 0 N–H and O–H groups in total. The molecule has 2 aromatic rings. The molecule has 0 bridgehead atoms. The number of ether oxygens (including phenoxy) is 3. The van der Waals surface area contributed by atoms with Crippen molar-refractivity contribution in [1.82, 2.24) is 0 Å². The van der Waals surface area contributed by atoms with Crippen molar-refractivity contribution in [3.63, 3.8) is 0 Å². The average molecular weight is 468 g/mol. The van der Waals surface area contributed by atoms with Gasteiger partial charge in [-0.25, -0.2) is 9.59 Å². The third-order valence-corrected chi connectivity index (χ3v) is 5.58. The van der Waals surface area contributed by atoms with E-state index in [4.69, 9.17) is 20.6 Å². The number of non-ortho nitro benzene ring substituents is 2. The van der Waals surface area contributed by atoms with Gasteiger partial charge in [-0.15, -0.1) is 6.42 Å². The maximum atomic E-state index is 12.9. The van der Waals surface area contributed by atoms with E-state index in [2.05, 4.69) is 5.92 Å². The van der Waals surface area contributed by atoms with E-state index in [1.165, 1.54) is 0 Å². The molecular formula is C23H20N2O9. The zero-order valence-electron chi connectivity index (χ0n) is 18.1. The minimum absolute atomic E-state index is 0.158. The molecule has 11 nitrogen and oxygen atoms in total. The van der Waals surface area contributed by atoms with Gasteiger partial charge in [0.15, 0.2) is 0 Å². The summed E-state index contributed by atoms with van der Waals surface area (Å²) in [5.41, 5.74) is -4.28. The Kier molecular flexibility index (Phi) is 6.93. The lowest BCUT2D eigenvalue weighted by atomic mass is 9.73. The van der Waals surface area contributed by atoms with Crippen LogP contribution in [0.4, 0.5) is 11.4 Å². The van der Waals surface area contributed by atoms with Gasteiger partial charge in [0, 0.05) is 18.7 Å². The lowest BCUT2D eigenvalue weighted by molar-refractivity contribution is -0.394. The van der Waals surface area contributed by atoms with Gasteiger partial charge in [0.1, 0.15) is 6.61 Å². The summed E-state index contributed by atoms with van der Waals surface area (Å²) >= 11 is 0. The number of esters is 2. The van der Waals surface area contributed by atoms with Gasteiger partial charge in [0.05, 0.1) is 33.5 Å². The summed E-state index contributed by atoms with van der Waals surface area (Å²) in [6, 6.07) is 11.7. The number of hydrogen-bond acceptors (Lipinski definition) is 9. The van der Waals surface area contributed by atoms with Crippen LogP contribution in [0.25, 0.3) is 0 Å². The van der Waals surface area contributed by atoms with Gasteiger partial charge in [-0.2, -0.15) is 0 Å². The quantitative estimate of drug-likeness (QED) is 0.178. The number of carbonyl (C=O) groups is 2. The number of carbonyl (C=O) groups excluding carboxylic acids is 2. The molecule has 2 atom stereocenters. The summed E-state index contributed by atoms with van der Waals surface area (Å²) < 4.78 is 16.2. The molecule has 0 aromatic heterocycles. The molecule has 0 saturated carbocycles. The van der Waals surface area contributed by atoms with Gasteiger partial charge >= 0.3 is 11.9 Å². The Hall–Kier alpha value is -4.30. The second-order valence-electron chi connectivity index (χ2n) is 7.89. The van der Waals surface area contributed by atoms with Crippen molar-refractivity contribution in [2.75, 3.05) is 13.2 Å². The van der Waals surface area contributed by atoms with Crippen LogP contribution in [-0.4, -0.2) is 40.6 Å². The lowest BCUT2D eigenvalue weighted by Gasteiger charge is -2.34. The van der Waals surface area contributed by atoms with Crippen molar-refractivity contribution >= 4 is 23.3 Å². The fraction of sp³-hybridized carbons (Fsp3) is 0.304. The number of nitro groups is 2. The van der Waals surface area contributed by atoms with Crippen molar-refractivity contribution in [2.24, 2.45) is 5.41 Å². The molecule has 0 unspecified atom stereocenters. The summed E-state index contributed by atoms with van der Waals surface area (Å²) in [5, 5.41) is 22.3. The molecule has 0 amide bonds. The maximum Gasteiger partial charge on any atom is 0.364 e. The Labute approximate surface area is 193 Å². The Morgan fingerprint density at radius 1 is 1.15 bits per heavy atom. The van der Waals surface area contributed by atoms with Gasteiger partial charge in [-0.1, -0.05) is 37.3 Å². The third kappa shape index (κ3) is 4.72. The number of hydrogen-bond donors (Lipinski definition) is 0. The topological polar surface area (TPSA) is 148 Å². The molecule has 0 spiro atoms. The van der Waals surface area contributed by atoms with E-state index in [9.17, 15) is 29.8 Å². The molecule has 2 aromatic carbocycles. The van der Waals surface area contributed by atoms with E-state index in [1.807, 2.05) is 30.3 Å². The smallest absolute Gasteiger partial charge is 0.364 e. The van der Waals surface area contributed by atoms with E-state index in [-0.39, 0.29) is 19.6 Å². The number of nitrogens with zero attached hydrogens (tertiary/aromatic N) is 2. The molecular weight excluding hydrogens is 448 g/mol. The largest absolute Gasteiger partial charge is 0.461 e. The summed E-state index contributed by atoms with van der Waals surface area (Å²) in [7, 11) is 0. The normalized spacial score (nSPS) is 21.4. The molecule has 1 aliphatic heterocycles. The first-order chi connectivity index (χ1) is 16.1. The fourth-order valence-electron chi connectivity index (χ4n) is 3.53. The Bertz CT molecular complexity index is 1140.